The summed E-state index contributed by atoms with van der Waals surface area (Å²) >= 11 is 0. The number of urea groups is 1. The maximum atomic E-state index is 12.2. The third-order valence-corrected chi connectivity index (χ3v) is 4.22. The standard InChI is InChI=1S/C15H18N2O5S/c1-10-4-6-12(7-5-10)16-14(18)17-23(20,21)13-8-11(9-22-13)15(2,3)19/h4-9,19H,1-3H3,(H2,16,17,18)/i/hD. The molecular weight excluding hydrogens is 320 g/mol. The molecule has 8 heteroatoms. The molecule has 0 aliphatic carbocycles. The molecule has 2 aromatic rings. The van der Waals surface area contributed by atoms with Gasteiger partial charge in [0.15, 0.2) is 1.41 Å². The van der Waals surface area contributed by atoms with Gasteiger partial charge in [-0.2, -0.15) is 8.42 Å². The highest BCUT2D eigenvalue weighted by molar-refractivity contribution is 7.89. The molecule has 0 aliphatic rings. The number of benzene rings is 1. The molecule has 124 valence electrons. The van der Waals surface area contributed by atoms with E-state index in [2.05, 4.69) is 0 Å². The first-order valence-electron chi connectivity index (χ1n) is 7.19. The molecule has 0 radical (unpaired) electrons. The molecule has 0 bridgehead atoms. The third-order valence-electron chi connectivity index (χ3n) is 3.03. The number of furan rings is 1. The Morgan fingerprint density at radius 2 is 1.91 bits per heavy atom. The van der Waals surface area contributed by atoms with Crippen molar-refractivity contribution in [1.29, 1.82) is 0 Å². The Kier molecular flexibility index (Phi) is 4.10. The molecule has 7 nitrogen and oxygen atoms in total. The zero-order chi connectivity index (χ0) is 18.1. The van der Waals surface area contributed by atoms with Gasteiger partial charge in [-0.1, -0.05) is 17.7 Å². The molecule has 0 aliphatic heterocycles. The van der Waals surface area contributed by atoms with Crippen LogP contribution < -0.4 is 10.0 Å². The summed E-state index contributed by atoms with van der Waals surface area (Å²) < 4.78 is 38.7. The van der Waals surface area contributed by atoms with Gasteiger partial charge in [-0.25, -0.2) is 9.52 Å². The minimum atomic E-state index is -4.30. The highest BCUT2D eigenvalue weighted by Crippen LogP contribution is 2.24. The summed E-state index contributed by atoms with van der Waals surface area (Å²) in [6, 6.07) is 6.40. The summed E-state index contributed by atoms with van der Waals surface area (Å²) in [6.07, 6.45) is 1.09. The minimum Gasteiger partial charge on any atom is -0.451 e. The van der Waals surface area contributed by atoms with Gasteiger partial charge in [-0.3, -0.25) is 0 Å². The molecule has 1 aromatic heterocycles. The van der Waals surface area contributed by atoms with Crippen LogP contribution in [0.4, 0.5) is 10.5 Å². The SMILES string of the molecule is [2H]N(C(=O)NS(=O)(=O)c1cc(C(C)(C)O)co1)c1ccc(C)cc1. The summed E-state index contributed by atoms with van der Waals surface area (Å²) in [5, 5.41) is 9.73. The number of carbonyl (C=O) groups excluding carboxylic acids is 1. The Hall–Kier alpha value is -2.32. The lowest BCUT2D eigenvalue weighted by atomic mass is 10.0. The van der Waals surface area contributed by atoms with Crippen molar-refractivity contribution in [1.82, 2.24) is 4.72 Å². The number of nitrogens with one attached hydrogen (secondary N) is 2. The van der Waals surface area contributed by atoms with E-state index >= 15 is 0 Å². The first-order chi connectivity index (χ1) is 11.0. The van der Waals surface area contributed by atoms with E-state index in [4.69, 9.17) is 5.83 Å². The van der Waals surface area contributed by atoms with Crippen molar-refractivity contribution >= 4 is 21.7 Å². The second kappa shape index (κ2) is 6.05. The van der Waals surface area contributed by atoms with E-state index in [1.807, 2.05) is 6.92 Å². The maximum Gasteiger partial charge on any atom is 0.333 e. The van der Waals surface area contributed by atoms with Gasteiger partial charge in [0.05, 0.1) is 11.9 Å². The van der Waals surface area contributed by atoms with E-state index in [9.17, 15) is 18.3 Å². The molecule has 0 spiro atoms. The van der Waals surface area contributed by atoms with Crippen molar-refractivity contribution in [3.63, 3.8) is 0 Å². The first kappa shape index (κ1) is 15.6. The molecule has 3 N–H and O–H groups in total. The van der Waals surface area contributed by atoms with E-state index in [0.29, 0.717) is 5.31 Å². The number of carbonyl (C=O) groups is 1. The van der Waals surface area contributed by atoms with E-state index in [1.54, 1.807) is 16.9 Å². The molecule has 0 saturated carbocycles. The van der Waals surface area contributed by atoms with Crippen LogP contribution in [-0.2, 0) is 15.6 Å². The van der Waals surface area contributed by atoms with Crippen LogP contribution in [0.3, 0.4) is 0 Å². The molecule has 2 amide bonds. The van der Waals surface area contributed by atoms with Crippen molar-refractivity contribution < 1.29 is 24.1 Å². The lowest BCUT2D eigenvalue weighted by molar-refractivity contribution is 0.0779. The normalized spacial score (nSPS) is 12.6. The van der Waals surface area contributed by atoms with Gasteiger partial charge in [0.25, 0.3) is 10.0 Å². The largest absolute Gasteiger partial charge is 0.451 e. The van der Waals surface area contributed by atoms with Crippen LogP contribution in [-0.4, -0.2) is 19.6 Å². The predicted octanol–water partition coefficient (Wildman–Crippen LogP) is 2.33. The van der Waals surface area contributed by atoms with Gasteiger partial charge in [-0.15, -0.1) is 0 Å². The zero-order valence-electron chi connectivity index (χ0n) is 13.9. The average molecular weight is 339 g/mol. The number of amides is 2. The Morgan fingerprint density at radius 1 is 1.30 bits per heavy atom. The molecule has 0 atom stereocenters. The number of anilines is 1. The van der Waals surface area contributed by atoms with Crippen LogP contribution in [0.1, 0.15) is 25.0 Å². The van der Waals surface area contributed by atoms with Crippen molar-refractivity contribution in [3.05, 3.63) is 47.7 Å². The maximum absolute atomic E-state index is 12.2. The topological polar surface area (TPSA) is 109 Å². The number of hydrogen-bond donors (Lipinski definition) is 3. The summed E-state index contributed by atoms with van der Waals surface area (Å²) in [4.78, 5) is 12.0. The Balaban J connectivity index is 2.17. The number of hydrogen-bond acceptors (Lipinski definition) is 5. The van der Waals surface area contributed by atoms with Crippen molar-refractivity contribution in [2.75, 3.05) is 5.31 Å². The van der Waals surface area contributed by atoms with Gasteiger partial charge < -0.3 is 14.8 Å². The van der Waals surface area contributed by atoms with Crippen molar-refractivity contribution in [3.8, 4) is 0 Å². The monoisotopic (exact) mass is 339 g/mol. The summed E-state index contributed by atoms with van der Waals surface area (Å²) in [5.74, 6) is 0. The molecule has 0 fully saturated rings. The summed E-state index contributed by atoms with van der Waals surface area (Å²) in [5.41, 5.74) is 0.112. The highest BCUT2D eigenvalue weighted by Gasteiger charge is 2.26. The molecular formula is C15H18N2O5S. The van der Waals surface area contributed by atoms with Gasteiger partial charge in [0.2, 0.25) is 5.09 Å². The Labute approximate surface area is 135 Å². The fourth-order valence-electron chi connectivity index (χ4n) is 1.70. The fraction of sp³-hybridized carbons (Fsp3) is 0.267. The molecule has 1 aromatic carbocycles. The van der Waals surface area contributed by atoms with Crippen molar-refractivity contribution in [2.24, 2.45) is 0 Å². The van der Waals surface area contributed by atoms with Crippen molar-refractivity contribution in [2.45, 2.75) is 31.5 Å². The van der Waals surface area contributed by atoms with E-state index in [-0.39, 0.29) is 11.3 Å². The number of aryl methyl sites for hydroxylation is 1. The quantitative estimate of drug-likeness (QED) is 0.792. The van der Waals surface area contributed by atoms with Gasteiger partial charge >= 0.3 is 6.03 Å². The van der Waals surface area contributed by atoms with Gasteiger partial charge in [0, 0.05) is 17.3 Å². The van der Waals surface area contributed by atoms with Crippen LogP contribution in [0.2, 0.25) is 1.41 Å². The summed E-state index contributed by atoms with van der Waals surface area (Å²) in [6.45, 7) is 4.78. The molecule has 1 heterocycles. The molecule has 0 unspecified atom stereocenters. The van der Waals surface area contributed by atoms with Crippen LogP contribution in [0.15, 0.2) is 46.1 Å². The van der Waals surface area contributed by atoms with Crippen LogP contribution >= 0.6 is 0 Å². The second-order valence-corrected chi connectivity index (χ2v) is 7.18. The van der Waals surface area contributed by atoms with Crippen LogP contribution in [0, 0.1) is 6.92 Å². The predicted molar refractivity (Wildman–Crippen MR) is 84.5 cm³/mol. The minimum absolute atomic E-state index is 0.213. The lowest BCUT2D eigenvalue weighted by Crippen LogP contribution is -2.34. The second-order valence-electron chi connectivity index (χ2n) is 5.57. The first-order valence-corrected chi connectivity index (χ1v) is 8.23. The van der Waals surface area contributed by atoms with Gasteiger partial charge in [-0.05, 0) is 32.9 Å². The number of sulfonamides is 1. The Bertz CT molecular complexity index is 837. The summed E-state index contributed by atoms with van der Waals surface area (Å²) in [7, 11) is -4.30. The molecule has 2 rings (SSSR count). The Morgan fingerprint density at radius 3 is 2.43 bits per heavy atom. The van der Waals surface area contributed by atoms with Crippen LogP contribution in [0.5, 0.6) is 0 Å². The fourth-order valence-corrected chi connectivity index (χ4v) is 2.54. The number of rotatable bonds is 4. The number of aliphatic hydroxyl groups is 1. The highest BCUT2D eigenvalue weighted by atomic mass is 32.2. The average Bonchev–Trinajstić information content (AvgIpc) is 2.97. The van der Waals surface area contributed by atoms with E-state index in [0.717, 1.165) is 17.9 Å². The molecule has 0 saturated heterocycles. The zero-order valence-corrected chi connectivity index (χ0v) is 13.7. The van der Waals surface area contributed by atoms with Crippen LogP contribution in [0.25, 0.3) is 0 Å². The van der Waals surface area contributed by atoms with Gasteiger partial charge in [0.1, 0.15) is 0 Å². The van der Waals surface area contributed by atoms with E-state index < -0.39 is 26.7 Å². The smallest absolute Gasteiger partial charge is 0.333 e. The molecule has 23 heavy (non-hydrogen) atoms. The van der Waals surface area contributed by atoms with E-state index in [1.165, 1.54) is 26.0 Å². The lowest BCUT2D eigenvalue weighted by Gasteiger charge is -2.13. The third kappa shape index (κ3) is 4.33.